The fraction of sp³-hybridized carbons (Fsp3) is 0.370. The second-order valence-electron chi connectivity index (χ2n) is 8.92. The lowest BCUT2D eigenvalue weighted by Gasteiger charge is -2.26. The summed E-state index contributed by atoms with van der Waals surface area (Å²) < 4.78 is 16.9. The standard InChI is InChI=1S/C27H28N2O5/c1-32-24(30)14-11-17-7-5-6-8-18(17)15-20-22-12-13-23(34-22)25(20)27-29-21(16-33-27)26(31)28-19-9-3-2-4-10-19/h2-10,16,20,22-23,25H,11-15H2,1H3,(H,28,31)/t20-,22-,23+,25-/m0/s1. The number of hydrogen-bond donors (Lipinski definition) is 1. The average Bonchev–Trinajstić information content (AvgIpc) is 3.61. The molecule has 4 atom stereocenters. The maximum atomic E-state index is 12.7. The lowest BCUT2D eigenvalue weighted by Crippen LogP contribution is -2.28. The number of carbonyl (C=O) groups excluding carboxylic acids is 2. The van der Waals surface area contributed by atoms with Crippen LogP contribution in [0.4, 0.5) is 5.69 Å². The lowest BCUT2D eigenvalue weighted by atomic mass is 9.75. The predicted octanol–water partition coefficient (Wildman–Crippen LogP) is 4.54. The van der Waals surface area contributed by atoms with Gasteiger partial charge in [0.05, 0.1) is 25.2 Å². The number of anilines is 1. The molecule has 2 fully saturated rings. The highest BCUT2D eigenvalue weighted by Crippen LogP contribution is 2.50. The van der Waals surface area contributed by atoms with Crippen molar-refractivity contribution in [2.24, 2.45) is 5.92 Å². The molecule has 3 aromatic rings. The van der Waals surface area contributed by atoms with Crippen molar-refractivity contribution in [3.8, 4) is 0 Å². The van der Waals surface area contributed by atoms with Crippen molar-refractivity contribution in [3.63, 3.8) is 0 Å². The molecule has 2 bridgehead atoms. The second kappa shape index (κ2) is 9.81. The van der Waals surface area contributed by atoms with Crippen molar-refractivity contribution in [2.45, 2.75) is 50.2 Å². The van der Waals surface area contributed by atoms with Gasteiger partial charge >= 0.3 is 5.97 Å². The maximum Gasteiger partial charge on any atom is 0.305 e. The Morgan fingerprint density at radius 1 is 1.03 bits per heavy atom. The number of hydrogen-bond acceptors (Lipinski definition) is 6. The van der Waals surface area contributed by atoms with Gasteiger partial charge in [0.1, 0.15) is 6.26 Å². The minimum absolute atomic E-state index is 0.00862. The highest BCUT2D eigenvalue weighted by Gasteiger charge is 2.51. The monoisotopic (exact) mass is 460 g/mol. The first-order valence-corrected chi connectivity index (χ1v) is 11.7. The molecule has 2 aliphatic rings. The van der Waals surface area contributed by atoms with Crippen molar-refractivity contribution < 1.29 is 23.5 Å². The van der Waals surface area contributed by atoms with E-state index in [2.05, 4.69) is 22.4 Å². The van der Waals surface area contributed by atoms with Gasteiger partial charge in [-0.2, -0.15) is 0 Å². The van der Waals surface area contributed by atoms with Crippen molar-refractivity contribution in [1.29, 1.82) is 0 Å². The van der Waals surface area contributed by atoms with Crippen LogP contribution in [0.3, 0.4) is 0 Å². The average molecular weight is 461 g/mol. The summed E-state index contributed by atoms with van der Waals surface area (Å²) in [5.74, 6) is 0.238. The minimum Gasteiger partial charge on any atom is -0.469 e. The number of aryl methyl sites for hydroxylation is 1. The van der Waals surface area contributed by atoms with Gasteiger partial charge in [0, 0.05) is 18.0 Å². The third-order valence-electron chi connectivity index (χ3n) is 6.90. The summed E-state index contributed by atoms with van der Waals surface area (Å²) in [7, 11) is 1.41. The van der Waals surface area contributed by atoms with Crippen LogP contribution in [0, 0.1) is 5.92 Å². The molecule has 0 radical (unpaired) electrons. The fourth-order valence-corrected chi connectivity index (χ4v) is 5.23. The number of esters is 1. The molecule has 0 spiro atoms. The largest absolute Gasteiger partial charge is 0.469 e. The topological polar surface area (TPSA) is 90.7 Å². The number of aromatic nitrogens is 1. The molecule has 3 heterocycles. The molecule has 1 amide bonds. The van der Waals surface area contributed by atoms with E-state index in [0.717, 1.165) is 24.8 Å². The number of carbonyl (C=O) groups is 2. The maximum absolute atomic E-state index is 12.7. The Morgan fingerprint density at radius 3 is 2.56 bits per heavy atom. The van der Waals surface area contributed by atoms with E-state index in [1.165, 1.54) is 18.9 Å². The van der Waals surface area contributed by atoms with Crippen molar-refractivity contribution >= 4 is 17.6 Å². The summed E-state index contributed by atoms with van der Waals surface area (Å²) in [5.41, 5.74) is 3.32. The van der Waals surface area contributed by atoms with Crippen LogP contribution in [0.2, 0.25) is 0 Å². The molecule has 7 heteroatoms. The van der Waals surface area contributed by atoms with E-state index >= 15 is 0 Å². The van der Waals surface area contributed by atoms with Gasteiger partial charge in [-0.05, 0) is 48.9 Å². The zero-order valence-electron chi connectivity index (χ0n) is 19.1. The summed E-state index contributed by atoms with van der Waals surface area (Å²) in [5, 5.41) is 2.85. The summed E-state index contributed by atoms with van der Waals surface area (Å²) in [6, 6.07) is 17.5. The van der Waals surface area contributed by atoms with Crippen LogP contribution >= 0.6 is 0 Å². The van der Waals surface area contributed by atoms with Gasteiger partial charge < -0.3 is 19.2 Å². The van der Waals surface area contributed by atoms with Gasteiger partial charge in [0.15, 0.2) is 5.69 Å². The molecule has 5 rings (SSSR count). The number of ether oxygens (including phenoxy) is 2. The number of oxazole rings is 1. The summed E-state index contributed by atoms with van der Waals surface area (Å²) in [6.07, 6.45) is 5.38. The number of nitrogens with zero attached hydrogens (tertiary/aromatic N) is 1. The zero-order valence-corrected chi connectivity index (χ0v) is 19.1. The molecule has 2 saturated heterocycles. The second-order valence-corrected chi connectivity index (χ2v) is 8.92. The Balaban J connectivity index is 1.33. The van der Waals surface area contributed by atoms with Crippen molar-refractivity contribution in [1.82, 2.24) is 4.98 Å². The van der Waals surface area contributed by atoms with Gasteiger partial charge in [0.2, 0.25) is 5.89 Å². The molecule has 0 aliphatic carbocycles. The Labute approximate surface area is 198 Å². The normalized spacial score (nSPS) is 23.1. The van der Waals surface area contributed by atoms with Crippen LogP contribution in [-0.2, 0) is 27.1 Å². The number of rotatable bonds is 8. The first kappa shape index (κ1) is 22.3. The number of nitrogens with one attached hydrogen (secondary N) is 1. The van der Waals surface area contributed by atoms with E-state index in [1.807, 2.05) is 42.5 Å². The molecule has 2 aliphatic heterocycles. The Hall–Kier alpha value is -3.45. The van der Waals surface area contributed by atoms with Crippen LogP contribution in [0.1, 0.15) is 52.7 Å². The van der Waals surface area contributed by atoms with E-state index < -0.39 is 0 Å². The number of methoxy groups -OCH3 is 1. The van der Waals surface area contributed by atoms with Gasteiger partial charge in [-0.1, -0.05) is 42.5 Å². The summed E-state index contributed by atoms with van der Waals surface area (Å²) >= 11 is 0. The number of fused-ring (bicyclic) bond motifs is 2. The lowest BCUT2D eigenvalue weighted by molar-refractivity contribution is -0.140. The van der Waals surface area contributed by atoms with Crippen LogP contribution < -0.4 is 5.32 Å². The molecule has 1 aromatic heterocycles. The molecule has 1 N–H and O–H groups in total. The number of amides is 1. The van der Waals surface area contributed by atoms with Gasteiger partial charge in [0.25, 0.3) is 5.91 Å². The van der Waals surface area contributed by atoms with Crippen LogP contribution in [-0.4, -0.2) is 36.2 Å². The first-order chi connectivity index (χ1) is 16.6. The molecule has 0 saturated carbocycles. The van der Waals surface area contributed by atoms with E-state index in [4.69, 9.17) is 13.9 Å². The Kier molecular flexibility index (Phi) is 6.45. The summed E-state index contributed by atoms with van der Waals surface area (Å²) in [4.78, 5) is 28.9. The Morgan fingerprint density at radius 2 is 1.76 bits per heavy atom. The Bertz CT molecular complexity index is 1160. The molecule has 34 heavy (non-hydrogen) atoms. The first-order valence-electron chi connectivity index (χ1n) is 11.7. The van der Waals surface area contributed by atoms with E-state index in [9.17, 15) is 9.59 Å². The van der Waals surface area contributed by atoms with Crippen molar-refractivity contribution in [3.05, 3.63) is 83.6 Å². The smallest absolute Gasteiger partial charge is 0.305 e. The van der Waals surface area contributed by atoms with E-state index in [-0.39, 0.29) is 41.6 Å². The predicted molar refractivity (Wildman–Crippen MR) is 126 cm³/mol. The van der Waals surface area contributed by atoms with Crippen LogP contribution in [0.5, 0.6) is 0 Å². The van der Waals surface area contributed by atoms with Gasteiger partial charge in [-0.25, -0.2) is 4.98 Å². The fourth-order valence-electron chi connectivity index (χ4n) is 5.23. The minimum atomic E-state index is -0.296. The molecule has 7 nitrogen and oxygen atoms in total. The highest BCUT2D eigenvalue weighted by atomic mass is 16.5. The van der Waals surface area contributed by atoms with Crippen LogP contribution in [0.25, 0.3) is 0 Å². The third-order valence-corrected chi connectivity index (χ3v) is 6.90. The van der Waals surface area contributed by atoms with Gasteiger partial charge in [-0.15, -0.1) is 0 Å². The highest BCUT2D eigenvalue weighted by molar-refractivity contribution is 6.02. The van der Waals surface area contributed by atoms with E-state index in [1.54, 1.807) is 0 Å². The summed E-state index contributed by atoms with van der Waals surface area (Å²) in [6.45, 7) is 0. The zero-order chi connectivity index (χ0) is 23.5. The van der Waals surface area contributed by atoms with Crippen molar-refractivity contribution in [2.75, 3.05) is 12.4 Å². The third kappa shape index (κ3) is 4.61. The molecular formula is C27H28N2O5. The molecule has 176 valence electrons. The SMILES string of the molecule is COC(=O)CCc1ccccc1C[C@@H]1[C@H](c2nc(C(=O)Nc3ccccc3)co2)[C@H]2CC[C@@H]1O2. The van der Waals surface area contributed by atoms with Gasteiger partial charge in [-0.3, -0.25) is 9.59 Å². The molecular weight excluding hydrogens is 432 g/mol. The van der Waals surface area contributed by atoms with Crippen LogP contribution in [0.15, 0.2) is 65.3 Å². The number of para-hydroxylation sites is 1. The number of benzene rings is 2. The van der Waals surface area contributed by atoms with E-state index in [0.29, 0.717) is 24.4 Å². The molecule has 0 unspecified atom stereocenters. The quantitative estimate of drug-likeness (QED) is 0.497. The molecule has 2 aromatic carbocycles.